The van der Waals surface area contributed by atoms with Gasteiger partial charge < -0.3 is 9.52 Å². The molecule has 0 bridgehead atoms. The summed E-state index contributed by atoms with van der Waals surface area (Å²) in [5, 5.41) is 18.5. The van der Waals surface area contributed by atoms with Gasteiger partial charge in [-0.1, -0.05) is 36.4 Å². The second-order valence-corrected chi connectivity index (χ2v) is 8.29. The molecule has 0 radical (unpaired) electrons. The Bertz CT molecular complexity index is 1180. The van der Waals surface area contributed by atoms with Crippen LogP contribution in [0.5, 0.6) is 5.75 Å². The molecule has 0 atom stereocenters. The molecule has 1 heterocycles. The number of hydrazone groups is 1. The maximum Gasteiger partial charge on any atom is 0.139 e. The Morgan fingerprint density at radius 1 is 0.933 bits per heavy atom. The number of aromatic hydroxyl groups is 1. The van der Waals surface area contributed by atoms with Gasteiger partial charge in [0.25, 0.3) is 0 Å². The van der Waals surface area contributed by atoms with Crippen LogP contribution in [0.3, 0.4) is 0 Å². The van der Waals surface area contributed by atoms with Crippen molar-refractivity contribution in [3.05, 3.63) is 88.1 Å². The van der Waals surface area contributed by atoms with E-state index < -0.39 is 0 Å². The lowest BCUT2D eigenvalue weighted by Crippen LogP contribution is -2.09. The van der Waals surface area contributed by atoms with E-state index in [1.807, 2.05) is 71.7 Å². The van der Waals surface area contributed by atoms with Crippen LogP contribution in [0.1, 0.15) is 29.7 Å². The molecule has 150 valence electrons. The minimum absolute atomic E-state index is 0.182. The van der Waals surface area contributed by atoms with Crippen molar-refractivity contribution < 1.29 is 9.52 Å². The highest BCUT2D eigenvalue weighted by Crippen LogP contribution is 2.40. The Kier molecular flexibility index (Phi) is 5.05. The van der Waals surface area contributed by atoms with Crippen molar-refractivity contribution in [2.75, 3.05) is 5.01 Å². The van der Waals surface area contributed by atoms with Crippen LogP contribution in [0.25, 0.3) is 11.0 Å². The lowest BCUT2D eigenvalue weighted by molar-refractivity contribution is 0.471. The molecule has 0 unspecified atom stereocenters. The molecule has 3 aromatic carbocycles. The standard InChI is InChI=1S/C25H21BrN2O2/c26-21-15-23-24(19-13-7-8-14-22(19)30-23)20(25(21)29)16-27-28(17-9-3-1-4-10-17)18-11-5-2-6-12-18/h1-6,9-12,15-16,29H,7-8,13-14H2/b27-16-. The Labute approximate surface area is 183 Å². The van der Waals surface area contributed by atoms with Crippen LogP contribution >= 0.6 is 15.9 Å². The van der Waals surface area contributed by atoms with Crippen LogP contribution in [-0.4, -0.2) is 11.3 Å². The third kappa shape index (κ3) is 3.39. The van der Waals surface area contributed by atoms with E-state index in [0.717, 1.165) is 53.8 Å². The number of aryl methyl sites for hydroxylation is 2. The number of rotatable bonds is 4. The van der Waals surface area contributed by atoms with Gasteiger partial charge in [-0.2, -0.15) is 5.10 Å². The van der Waals surface area contributed by atoms with Gasteiger partial charge in [0.05, 0.1) is 22.1 Å². The number of nitrogens with zero attached hydrogens (tertiary/aromatic N) is 2. The van der Waals surface area contributed by atoms with E-state index in [-0.39, 0.29) is 5.75 Å². The Hall–Kier alpha value is -3.05. The summed E-state index contributed by atoms with van der Waals surface area (Å²) in [6.07, 6.45) is 5.92. The SMILES string of the molecule is Oc1c(Br)cc2oc3c(c2c1/C=N\N(c1ccccc1)c1ccccc1)CCCC3. The number of furan rings is 1. The van der Waals surface area contributed by atoms with Crippen LogP contribution < -0.4 is 5.01 Å². The van der Waals surface area contributed by atoms with Crippen LogP contribution in [0, 0.1) is 0 Å². The zero-order valence-corrected chi connectivity index (χ0v) is 18.0. The van der Waals surface area contributed by atoms with Gasteiger partial charge >= 0.3 is 0 Å². The van der Waals surface area contributed by atoms with E-state index >= 15 is 0 Å². The summed E-state index contributed by atoms with van der Waals surface area (Å²) < 4.78 is 6.73. The molecule has 0 fully saturated rings. The predicted octanol–water partition coefficient (Wildman–Crippen LogP) is 6.95. The second-order valence-electron chi connectivity index (χ2n) is 7.43. The van der Waals surface area contributed by atoms with Crippen molar-refractivity contribution in [2.45, 2.75) is 25.7 Å². The first-order valence-electron chi connectivity index (χ1n) is 10.1. The molecule has 5 rings (SSSR count). The number of fused-ring (bicyclic) bond motifs is 3. The summed E-state index contributed by atoms with van der Waals surface area (Å²) in [6.45, 7) is 0. The first-order chi connectivity index (χ1) is 14.7. The molecule has 4 nitrogen and oxygen atoms in total. The van der Waals surface area contributed by atoms with Crippen molar-refractivity contribution in [1.29, 1.82) is 0 Å². The largest absolute Gasteiger partial charge is 0.506 e. The monoisotopic (exact) mass is 460 g/mol. The maximum atomic E-state index is 10.9. The normalized spacial score (nSPS) is 13.6. The van der Waals surface area contributed by atoms with E-state index in [0.29, 0.717) is 10.0 Å². The van der Waals surface area contributed by atoms with E-state index in [1.54, 1.807) is 6.21 Å². The highest BCUT2D eigenvalue weighted by molar-refractivity contribution is 9.10. The highest BCUT2D eigenvalue weighted by Gasteiger charge is 2.23. The first-order valence-corrected chi connectivity index (χ1v) is 10.9. The molecule has 0 amide bonds. The van der Waals surface area contributed by atoms with Gasteiger partial charge in [-0.05, 0) is 65.5 Å². The van der Waals surface area contributed by atoms with E-state index in [2.05, 4.69) is 15.9 Å². The number of hydrogen-bond donors (Lipinski definition) is 1. The average molecular weight is 461 g/mol. The number of anilines is 2. The van der Waals surface area contributed by atoms with E-state index in [9.17, 15) is 5.11 Å². The fraction of sp³-hybridized carbons (Fsp3) is 0.160. The zero-order valence-electron chi connectivity index (χ0n) is 16.4. The van der Waals surface area contributed by atoms with Crippen molar-refractivity contribution in [3.63, 3.8) is 0 Å². The minimum atomic E-state index is 0.182. The predicted molar refractivity (Wildman–Crippen MR) is 125 cm³/mol. The Morgan fingerprint density at radius 2 is 1.57 bits per heavy atom. The van der Waals surface area contributed by atoms with E-state index in [1.165, 1.54) is 5.56 Å². The summed E-state index contributed by atoms with van der Waals surface area (Å²) in [7, 11) is 0. The van der Waals surface area contributed by atoms with Gasteiger partial charge in [-0.3, -0.25) is 0 Å². The zero-order chi connectivity index (χ0) is 20.5. The van der Waals surface area contributed by atoms with Crippen LogP contribution in [-0.2, 0) is 12.8 Å². The number of benzene rings is 3. The second kappa shape index (κ2) is 8.00. The molecule has 0 spiro atoms. The molecule has 0 saturated carbocycles. The van der Waals surface area contributed by atoms with Gasteiger partial charge in [0, 0.05) is 22.9 Å². The van der Waals surface area contributed by atoms with Gasteiger partial charge in [0.15, 0.2) is 0 Å². The third-order valence-corrected chi connectivity index (χ3v) is 6.12. The number of phenolic OH excluding ortho intramolecular Hbond substituents is 1. The molecule has 30 heavy (non-hydrogen) atoms. The molecule has 0 saturated heterocycles. The molecular formula is C25H21BrN2O2. The Balaban J connectivity index is 1.66. The topological polar surface area (TPSA) is 49.0 Å². The van der Waals surface area contributed by atoms with Crippen molar-refractivity contribution in [2.24, 2.45) is 5.10 Å². The quantitative estimate of drug-likeness (QED) is 0.264. The van der Waals surface area contributed by atoms with Gasteiger partial charge in [-0.15, -0.1) is 0 Å². The van der Waals surface area contributed by atoms with Crippen LogP contribution in [0.15, 0.2) is 80.7 Å². The number of halogens is 1. The summed E-state index contributed by atoms with van der Waals surface area (Å²) in [5.41, 5.74) is 4.56. The fourth-order valence-electron chi connectivity index (χ4n) is 4.08. The maximum absolute atomic E-state index is 10.9. The smallest absolute Gasteiger partial charge is 0.139 e. The van der Waals surface area contributed by atoms with Crippen molar-refractivity contribution >= 4 is 44.5 Å². The Morgan fingerprint density at radius 3 is 2.23 bits per heavy atom. The molecule has 1 aliphatic carbocycles. The molecule has 0 aliphatic heterocycles. The van der Waals surface area contributed by atoms with Gasteiger partial charge in [-0.25, -0.2) is 5.01 Å². The average Bonchev–Trinajstić information content (AvgIpc) is 3.15. The summed E-state index contributed by atoms with van der Waals surface area (Å²) >= 11 is 3.47. The molecule has 5 heteroatoms. The van der Waals surface area contributed by atoms with Gasteiger partial charge in [0.2, 0.25) is 0 Å². The summed E-state index contributed by atoms with van der Waals surface area (Å²) in [4.78, 5) is 0. The minimum Gasteiger partial charge on any atom is -0.506 e. The number of para-hydroxylation sites is 2. The van der Waals surface area contributed by atoms with Crippen LogP contribution in [0.4, 0.5) is 11.4 Å². The highest BCUT2D eigenvalue weighted by atomic mass is 79.9. The van der Waals surface area contributed by atoms with Crippen LogP contribution in [0.2, 0.25) is 0 Å². The lowest BCUT2D eigenvalue weighted by Gasteiger charge is -2.19. The molecule has 1 aliphatic rings. The van der Waals surface area contributed by atoms with Crippen molar-refractivity contribution in [1.82, 2.24) is 0 Å². The van der Waals surface area contributed by atoms with Gasteiger partial charge in [0.1, 0.15) is 17.1 Å². The number of phenols is 1. The molecule has 1 N–H and O–H groups in total. The lowest BCUT2D eigenvalue weighted by atomic mass is 9.94. The van der Waals surface area contributed by atoms with Crippen molar-refractivity contribution in [3.8, 4) is 5.75 Å². The molecule has 1 aromatic heterocycles. The number of hydrogen-bond acceptors (Lipinski definition) is 4. The third-order valence-electron chi connectivity index (χ3n) is 5.51. The fourth-order valence-corrected chi connectivity index (χ4v) is 4.50. The van der Waals surface area contributed by atoms with E-state index in [4.69, 9.17) is 9.52 Å². The first kappa shape index (κ1) is 18.9. The molecule has 4 aromatic rings. The summed E-state index contributed by atoms with van der Waals surface area (Å²) in [5.74, 6) is 1.22. The summed E-state index contributed by atoms with van der Waals surface area (Å²) in [6, 6.07) is 21.8. The molecular weight excluding hydrogens is 440 g/mol.